The summed E-state index contributed by atoms with van der Waals surface area (Å²) < 4.78 is 39.4. The lowest BCUT2D eigenvalue weighted by atomic mass is 10.1. The standard InChI is InChI=1S/C14H17F3N2O/c15-11-6-9(7-12(16)13(11)17)14(20)19-5-3-1-2-4-10(19)8-18/h6-7,10H,1-5,8,18H2. The summed E-state index contributed by atoms with van der Waals surface area (Å²) in [6.07, 6.45) is 3.56. The zero-order valence-corrected chi connectivity index (χ0v) is 11.0. The third-order valence-corrected chi connectivity index (χ3v) is 3.64. The number of halogens is 3. The Morgan fingerprint density at radius 2 is 1.85 bits per heavy atom. The molecule has 1 amide bonds. The number of amides is 1. The predicted molar refractivity (Wildman–Crippen MR) is 68.7 cm³/mol. The molecule has 0 aromatic heterocycles. The predicted octanol–water partition coefficient (Wildman–Crippen LogP) is 2.45. The van der Waals surface area contributed by atoms with Crippen molar-refractivity contribution in [1.82, 2.24) is 4.90 Å². The molecule has 1 atom stereocenters. The van der Waals surface area contributed by atoms with Gasteiger partial charge >= 0.3 is 0 Å². The van der Waals surface area contributed by atoms with Crippen LogP contribution < -0.4 is 5.73 Å². The van der Waals surface area contributed by atoms with Crippen LogP contribution in [0.4, 0.5) is 13.2 Å². The molecule has 1 aliphatic heterocycles. The molecule has 1 unspecified atom stereocenters. The van der Waals surface area contributed by atoms with Crippen molar-refractivity contribution < 1.29 is 18.0 Å². The van der Waals surface area contributed by atoms with Crippen molar-refractivity contribution in [2.75, 3.05) is 13.1 Å². The van der Waals surface area contributed by atoms with Gasteiger partial charge in [-0.25, -0.2) is 13.2 Å². The van der Waals surface area contributed by atoms with Crippen LogP contribution in [0.3, 0.4) is 0 Å². The number of likely N-dealkylation sites (tertiary alicyclic amines) is 1. The molecule has 6 heteroatoms. The second-order valence-electron chi connectivity index (χ2n) is 4.99. The van der Waals surface area contributed by atoms with E-state index in [9.17, 15) is 18.0 Å². The number of hydrogen-bond acceptors (Lipinski definition) is 2. The van der Waals surface area contributed by atoms with Crippen molar-refractivity contribution in [2.24, 2.45) is 5.73 Å². The number of nitrogens with two attached hydrogens (primary N) is 1. The lowest BCUT2D eigenvalue weighted by Gasteiger charge is -2.29. The fourth-order valence-corrected chi connectivity index (χ4v) is 2.53. The molecule has 0 bridgehead atoms. The molecule has 1 heterocycles. The van der Waals surface area contributed by atoms with Gasteiger partial charge in [0, 0.05) is 24.7 Å². The second-order valence-corrected chi connectivity index (χ2v) is 4.99. The van der Waals surface area contributed by atoms with Crippen LogP contribution in [0.25, 0.3) is 0 Å². The van der Waals surface area contributed by atoms with Gasteiger partial charge in [0.05, 0.1) is 0 Å². The zero-order valence-electron chi connectivity index (χ0n) is 11.0. The molecule has 3 nitrogen and oxygen atoms in total. The van der Waals surface area contributed by atoms with Crippen LogP contribution in [0, 0.1) is 17.5 Å². The van der Waals surface area contributed by atoms with Crippen molar-refractivity contribution >= 4 is 5.91 Å². The van der Waals surface area contributed by atoms with E-state index < -0.39 is 23.4 Å². The van der Waals surface area contributed by atoms with Crippen molar-refractivity contribution in [1.29, 1.82) is 0 Å². The fourth-order valence-electron chi connectivity index (χ4n) is 2.53. The molecule has 1 aromatic rings. The molecule has 1 fully saturated rings. The SMILES string of the molecule is NCC1CCCCCN1C(=O)c1cc(F)c(F)c(F)c1. The summed E-state index contributed by atoms with van der Waals surface area (Å²) in [5.41, 5.74) is 5.48. The van der Waals surface area contributed by atoms with Crippen LogP contribution in [-0.2, 0) is 0 Å². The highest BCUT2D eigenvalue weighted by Gasteiger charge is 2.26. The second kappa shape index (κ2) is 6.26. The normalized spacial score (nSPS) is 19.8. The average molecular weight is 286 g/mol. The van der Waals surface area contributed by atoms with E-state index in [-0.39, 0.29) is 11.6 Å². The van der Waals surface area contributed by atoms with Gasteiger partial charge in [-0.2, -0.15) is 0 Å². The molecule has 110 valence electrons. The largest absolute Gasteiger partial charge is 0.334 e. The van der Waals surface area contributed by atoms with Gasteiger partial charge < -0.3 is 10.6 Å². The Morgan fingerprint density at radius 3 is 2.45 bits per heavy atom. The minimum absolute atomic E-state index is 0.138. The van der Waals surface area contributed by atoms with E-state index in [0.717, 1.165) is 37.8 Å². The van der Waals surface area contributed by atoms with Crippen LogP contribution in [0.2, 0.25) is 0 Å². The highest BCUT2D eigenvalue weighted by atomic mass is 19.2. The first-order chi connectivity index (χ1) is 9.54. The maximum absolute atomic E-state index is 13.2. The van der Waals surface area contributed by atoms with Crippen LogP contribution in [0.1, 0.15) is 36.0 Å². The summed E-state index contributed by atoms with van der Waals surface area (Å²) >= 11 is 0. The number of hydrogen-bond donors (Lipinski definition) is 1. The van der Waals surface area contributed by atoms with Gasteiger partial charge in [0.25, 0.3) is 5.91 Å². The summed E-state index contributed by atoms with van der Waals surface area (Å²) in [4.78, 5) is 13.9. The molecule has 0 saturated carbocycles. The van der Waals surface area contributed by atoms with Gasteiger partial charge in [-0.3, -0.25) is 4.79 Å². The Morgan fingerprint density at radius 1 is 1.20 bits per heavy atom. The van der Waals surface area contributed by atoms with E-state index in [1.165, 1.54) is 0 Å². The van der Waals surface area contributed by atoms with E-state index in [4.69, 9.17) is 5.73 Å². The Balaban J connectivity index is 2.29. The summed E-state index contributed by atoms with van der Waals surface area (Å²) in [7, 11) is 0. The third-order valence-electron chi connectivity index (χ3n) is 3.64. The number of carbonyl (C=O) groups is 1. The minimum atomic E-state index is -1.56. The summed E-state index contributed by atoms with van der Waals surface area (Å²) in [6, 6.07) is 1.33. The molecule has 2 N–H and O–H groups in total. The van der Waals surface area contributed by atoms with Crippen molar-refractivity contribution in [3.8, 4) is 0 Å². The van der Waals surface area contributed by atoms with Gasteiger partial charge in [-0.15, -0.1) is 0 Å². The number of benzene rings is 1. The Labute approximate surface area is 115 Å². The topological polar surface area (TPSA) is 46.3 Å². The van der Waals surface area contributed by atoms with Gasteiger partial charge in [0.1, 0.15) is 0 Å². The Bertz CT molecular complexity index is 484. The Hall–Kier alpha value is -1.56. The zero-order chi connectivity index (χ0) is 14.7. The monoisotopic (exact) mass is 286 g/mol. The Kier molecular flexibility index (Phi) is 4.65. The highest BCUT2D eigenvalue weighted by molar-refractivity contribution is 5.94. The lowest BCUT2D eigenvalue weighted by Crippen LogP contribution is -2.44. The van der Waals surface area contributed by atoms with Gasteiger partial charge in [-0.1, -0.05) is 12.8 Å². The molecule has 0 spiro atoms. The van der Waals surface area contributed by atoms with Crippen LogP contribution in [0.15, 0.2) is 12.1 Å². The number of nitrogens with zero attached hydrogens (tertiary/aromatic N) is 1. The lowest BCUT2D eigenvalue weighted by molar-refractivity contribution is 0.0687. The van der Waals surface area contributed by atoms with E-state index in [1.54, 1.807) is 4.90 Å². The smallest absolute Gasteiger partial charge is 0.254 e. The van der Waals surface area contributed by atoms with E-state index in [1.807, 2.05) is 0 Å². The van der Waals surface area contributed by atoms with E-state index in [2.05, 4.69) is 0 Å². The molecule has 1 aromatic carbocycles. The molecule has 2 rings (SSSR count). The van der Waals surface area contributed by atoms with Gasteiger partial charge in [0.2, 0.25) is 0 Å². The van der Waals surface area contributed by atoms with Crippen molar-refractivity contribution in [2.45, 2.75) is 31.7 Å². The van der Waals surface area contributed by atoms with E-state index in [0.29, 0.717) is 13.1 Å². The summed E-state index contributed by atoms with van der Waals surface area (Å²) in [5, 5.41) is 0. The van der Waals surface area contributed by atoms with Crippen LogP contribution >= 0.6 is 0 Å². The van der Waals surface area contributed by atoms with Gasteiger partial charge in [-0.05, 0) is 25.0 Å². The highest BCUT2D eigenvalue weighted by Crippen LogP contribution is 2.21. The quantitative estimate of drug-likeness (QED) is 0.849. The molecule has 20 heavy (non-hydrogen) atoms. The van der Waals surface area contributed by atoms with E-state index >= 15 is 0 Å². The molecular weight excluding hydrogens is 269 g/mol. The summed E-state index contributed by atoms with van der Waals surface area (Å²) in [5.74, 6) is -4.77. The van der Waals surface area contributed by atoms with Crippen LogP contribution in [-0.4, -0.2) is 29.9 Å². The average Bonchev–Trinajstić information content (AvgIpc) is 2.68. The first kappa shape index (κ1) is 14.8. The van der Waals surface area contributed by atoms with Crippen LogP contribution in [0.5, 0.6) is 0 Å². The van der Waals surface area contributed by atoms with Crippen molar-refractivity contribution in [3.05, 3.63) is 35.1 Å². The molecule has 0 radical (unpaired) electrons. The first-order valence-electron chi connectivity index (χ1n) is 6.70. The van der Waals surface area contributed by atoms with Gasteiger partial charge in [0.15, 0.2) is 17.5 Å². The number of rotatable bonds is 2. The third kappa shape index (κ3) is 2.95. The maximum atomic E-state index is 13.2. The van der Waals surface area contributed by atoms with Crippen molar-refractivity contribution in [3.63, 3.8) is 0 Å². The minimum Gasteiger partial charge on any atom is -0.334 e. The maximum Gasteiger partial charge on any atom is 0.254 e. The first-order valence-corrected chi connectivity index (χ1v) is 6.70. The molecular formula is C14H17F3N2O. The summed E-state index contributed by atoms with van der Waals surface area (Å²) in [6.45, 7) is 0.805. The molecule has 1 saturated heterocycles. The molecule has 0 aliphatic carbocycles. The molecule has 1 aliphatic rings. The fraction of sp³-hybridized carbons (Fsp3) is 0.500. The number of carbonyl (C=O) groups excluding carboxylic acids is 1.